The standard InChI is InChI=1S/C29H28N4O4/c1-33-27-10-6-5-9-22(27)17-28(33)29(37)32-24(15-20-7-3-2-4-8-20)26(19-36)31-23(12-14-34)16-21-11-13-30-25(21)18-35/h2-10,12,17,21,23-24,30-31H,11,13,15-16H2,1H3,(H,32,37)/t21-,23?,24?/m0/s1. The minimum Gasteiger partial charge on any atom is -0.379 e. The Kier molecular flexibility index (Phi) is 8.19. The Hall–Kier alpha value is -4.60. The summed E-state index contributed by atoms with van der Waals surface area (Å²) in [5.41, 5.74) is 2.83. The maximum Gasteiger partial charge on any atom is 0.268 e. The summed E-state index contributed by atoms with van der Waals surface area (Å²) in [5.74, 6) is 5.16. The van der Waals surface area contributed by atoms with E-state index in [4.69, 9.17) is 0 Å². The maximum absolute atomic E-state index is 13.4. The van der Waals surface area contributed by atoms with Gasteiger partial charge in [-0.25, -0.2) is 14.4 Å². The molecule has 1 aliphatic heterocycles. The lowest BCUT2D eigenvalue weighted by Crippen LogP contribution is -2.45. The van der Waals surface area contributed by atoms with Gasteiger partial charge in [0, 0.05) is 36.5 Å². The van der Waals surface area contributed by atoms with E-state index in [9.17, 15) is 19.2 Å². The van der Waals surface area contributed by atoms with Crippen molar-refractivity contribution >= 4 is 34.6 Å². The molecular weight excluding hydrogens is 468 g/mol. The molecule has 0 bridgehead atoms. The molecule has 3 N–H and O–H groups in total. The van der Waals surface area contributed by atoms with Gasteiger partial charge in [-0.3, -0.25) is 4.79 Å². The first kappa shape index (κ1) is 25.5. The molecule has 1 fully saturated rings. The second-order valence-corrected chi connectivity index (χ2v) is 9.08. The van der Waals surface area contributed by atoms with E-state index in [1.54, 1.807) is 16.6 Å². The highest BCUT2D eigenvalue weighted by molar-refractivity contribution is 5.99. The third-order valence-corrected chi connectivity index (χ3v) is 6.71. The number of aromatic nitrogens is 1. The summed E-state index contributed by atoms with van der Waals surface area (Å²) in [6.45, 7) is 0.640. The molecule has 1 saturated heterocycles. The van der Waals surface area contributed by atoms with E-state index in [1.165, 1.54) is 6.08 Å². The van der Waals surface area contributed by atoms with Crippen LogP contribution in [0.1, 0.15) is 28.9 Å². The molecule has 1 aromatic heterocycles. The summed E-state index contributed by atoms with van der Waals surface area (Å²) in [6, 6.07) is 17.6. The molecule has 8 nitrogen and oxygen atoms in total. The number of nitrogens with one attached hydrogen (secondary N) is 3. The zero-order valence-corrected chi connectivity index (χ0v) is 20.5. The first-order valence-electron chi connectivity index (χ1n) is 12.1. The third kappa shape index (κ3) is 5.97. The maximum atomic E-state index is 13.4. The van der Waals surface area contributed by atoms with Crippen LogP contribution in [0.25, 0.3) is 10.9 Å². The van der Waals surface area contributed by atoms with E-state index in [1.807, 2.05) is 73.5 Å². The van der Waals surface area contributed by atoms with Crippen LogP contribution in [-0.4, -0.2) is 46.9 Å². The van der Waals surface area contributed by atoms with Gasteiger partial charge < -0.3 is 20.5 Å². The van der Waals surface area contributed by atoms with E-state index in [0.717, 1.165) is 16.5 Å². The number of para-hydroxylation sites is 1. The molecule has 188 valence electrons. The molecule has 0 radical (unpaired) electrons. The van der Waals surface area contributed by atoms with Gasteiger partial charge in [0.15, 0.2) is 0 Å². The Balaban J connectivity index is 1.60. The van der Waals surface area contributed by atoms with Crippen molar-refractivity contribution in [2.75, 3.05) is 6.54 Å². The van der Waals surface area contributed by atoms with Gasteiger partial charge in [-0.15, -0.1) is 0 Å². The first-order valence-corrected chi connectivity index (χ1v) is 12.1. The van der Waals surface area contributed by atoms with Crippen LogP contribution in [-0.2, 0) is 27.9 Å². The van der Waals surface area contributed by atoms with Crippen LogP contribution in [0.15, 0.2) is 78.1 Å². The van der Waals surface area contributed by atoms with Gasteiger partial charge in [-0.2, -0.15) is 0 Å². The number of amides is 1. The quantitative estimate of drug-likeness (QED) is 0.372. The molecule has 0 saturated carbocycles. The zero-order chi connectivity index (χ0) is 26.2. The minimum atomic E-state index is -0.740. The normalized spacial score (nSPS) is 16.0. The highest BCUT2D eigenvalue weighted by Crippen LogP contribution is 2.23. The van der Waals surface area contributed by atoms with Gasteiger partial charge >= 0.3 is 0 Å². The van der Waals surface area contributed by atoms with Gasteiger partial charge in [-0.05, 0) is 37.0 Å². The lowest BCUT2D eigenvalue weighted by atomic mass is 9.95. The molecule has 0 spiro atoms. The lowest BCUT2D eigenvalue weighted by Gasteiger charge is -2.25. The molecule has 1 aliphatic rings. The van der Waals surface area contributed by atoms with Crippen molar-refractivity contribution in [2.24, 2.45) is 13.0 Å². The molecule has 2 unspecified atom stereocenters. The van der Waals surface area contributed by atoms with Crippen LogP contribution in [0.4, 0.5) is 0 Å². The van der Waals surface area contributed by atoms with Crippen molar-refractivity contribution in [3.8, 4) is 0 Å². The summed E-state index contributed by atoms with van der Waals surface area (Å²) in [7, 11) is 1.82. The van der Waals surface area contributed by atoms with Crippen LogP contribution in [0.2, 0.25) is 0 Å². The Bertz CT molecular complexity index is 1420. The lowest BCUT2D eigenvalue weighted by molar-refractivity contribution is 0.0933. The first-order chi connectivity index (χ1) is 18.0. The van der Waals surface area contributed by atoms with Crippen LogP contribution in [0.5, 0.6) is 0 Å². The van der Waals surface area contributed by atoms with E-state index >= 15 is 0 Å². The second kappa shape index (κ2) is 11.9. The fourth-order valence-corrected chi connectivity index (χ4v) is 4.80. The van der Waals surface area contributed by atoms with Crippen molar-refractivity contribution < 1.29 is 19.2 Å². The van der Waals surface area contributed by atoms with Gasteiger partial charge in [0.1, 0.15) is 29.2 Å². The average Bonchev–Trinajstić information content (AvgIpc) is 3.51. The number of nitrogens with zero attached hydrogens (tertiary/aromatic N) is 1. The summed E-state index contributed by atoms with van der Waals surface area (Å²) < 4.78 is 1.81. The van der Waals surface area contributed by atoms with Gasteiger partial charge in [-0.1, -0.05) is 48.5 Å². The highest BCUT2D eigenvalue weighted by Gasteiger charge is 2.28. The Labute approximate surface area is 214 Å². The minimum absolute atomic E-state index is 0.107. The smallest absolute Gasteiger partial charge is 0.268 e. The largest absolute Gasteiger partial charge is 0.379 e. The number of benzene rings is 2. The number of hydrogen-bond acceptors (Lipinski definition) is 6. The molecule has 1 amide bonds. The van der Waals surface area contributed by atoms with E-state index in [0.29, 0.717) is 37.2 Å². The number of carbonyl (C=O) groups is 1. The van der Waals surface area contributed by atoms with E-state index in [-0.39, 0.29) is 17.5 Å². The van der Waals surface area contributed by atoms with Crippen LogP contribution >= 0.6 is 0 Å². The zero-order valence-electron chi connectivity index (χ0n) is 20.5. The van der Waals surface area contributed by atoms with Crippen molar-refractivity contribution in [2.45, 2.75) is 31.3 Å². The molecular formula is C29H28N4O4. The number of hydrogen-bond donors (Lipinski definition) is 3. The fraction of sp³-hybridized carbons (Fsp3) is 0.276. The van der Waals surface area contributed by atoms with Gasteiger partial charge in [0.05, 0.1) is 17.8 Å². The van der Waals surface area contributed by atoms with Crippen molar-refractivity contribution in [1.29, 1.82) is 0 Å². The Morgan fingerprint density at radius 2 is 1.86 bits per heavy atom. The molecule has 37 heavy (non-hydrogen) atoms. The molecule has 2 aromatic carbocycles. The highest BCUT2D eigenvalue weighted by atomic mass is 16.2. The Morgan fingerprint density at radius 3 is 2.57 bits per heavy atom. The second-order valence-electron chi connectivity index (χ2n) is 9.08. The Morgan fingerprint density at radius 1 is 1.11 bits per heavy atom. The number of allylic oxidation sites excluding steroid dienone is 1. The molecule has 2 heterocycles. The number of fused-ring (bicyclic) bond motifs is 1. The molecule has 0 aliphatic carbocycles. The summed E-state index contributed by atoms with van der Waals surface area (Å²) >= 11 is 0. The van der Waals surface area contributed by atoms with Crippen molar-refractivity contribution in [1.82, 2.24) is 20.5 Å². The van der Waals surface area contributed by atoms with Gasteiger partial charge in [0.25, 0.3) is 5.91 Å². The monoisotopic (exact) mass is 496 g/mol. The average molecular weight is 497 g/mol. The predicted octanol–water partition coefficient (Wildman–Crippen LogP) is 2.30. The van der Waals surface area contributed by atoms with Gasteiger partial charge in [0.2, 0.25) is 0 Å². The fourth-order valence-electron chi connectivity index (χ4n) is 4.80. The molecule has 8 heteroatoms. The van der Waals surface area contributed by atoms with E-state index in [2.05, 4.69) is 16.0 Å². The molecule has 4 rings (SSSR count). The summed E-state index contributed by atoms with van der Waals surface area (Å²) in [6.07, 6.45) is 2.70. The summed E-state index contributed by atoms with van der Waals surface area (Å²) in [4.78, 5) is 48.1. The number of aryl methyl sites for hydroxylation is 1. The molecule has 3 atom stereocenters. The SMILES string of the molecule is Cn1c(C(=O)NC(Cc2ccccc2)C(=C=O)NC(C=C=O)C[C@@H]2CCNC2=C=O)cc2ccccc21. The molecule has 3 aromatic rings. The number of carbonyl (C=O) groups excluding carboxylic acids is 4. The third-order valence-electron chi connectivity index (χ3n) is 6.71. The predicted molar refractivity (Wildman–Crippen MR) is 141 cm³/mol. The van der Waals surface area contributed by atoms with Crippen LogP contribution in [0, 0.1) is 5.92 Å². The van der Waals surface area contributed by atoms with Crippen molar-refractivity contribution in [3.05, 3.63) is 89.4 Å². The topological polar surface area (TPSA) is 109 Å². The van der Waals surface area contributed by atoms with Crippen LogP contribution in [0.3, 0.4) is 0 Å². The van der Waals surface area contributed by atoms with E-state index < -0.39 is 12.1 Å². The summed E-state index contributed by atoms with van der Waals surface area (Å²) in [5, 5.41) is 9.99. The van der Waals surface area contributed by atoms with Crippen molar-refractivity contribution in [3.63, 3.8) is 0 Å². The number of rotatable bonds is 10. The van der Waals surface area contributed by atoms with Crippen LogP contribution < -0.4 is 16.0 Å².